The molecule has 1 aliphatic carbocycles. The van der Waals surface area contributed by atoms with Crippen molar-refractivity contribution in [3.05, 3.63) is 36.0 Å². The zero-order valence-electron chi connectivity index (χ0n) is 13.9. The second-order valence-electron chi connectivity index (χ2n) is 6.02. The lowest BCUT2D eigenvalue weighted by molar-refractivity contribution is 0.245. The molecule has 2 aromatic rings. The lowest BCUT2D eigenvalue weighted by Crippen LogP contribution is -2.31. The summed E-state index contributed by atoms with van der Waals surface area (Å²) in [5.41, 5.74) is 0.834. The number of carbonyl (C=O) groups is 1. The van der Waals surface area contributed by atoms with E-state index in [0.29, 0.717) is 17.0 Å². The average Bonchev–Trinajstić information content (AvgIpc) is 3.21. The van der Waals surface area contributed by atoms with Gasteiger partial charge in [0.15, 0.2) is 5.82 Å². The van der Waals surface area contributed by atoms with Gasteiger partial charge in [0.25, 0.3) is 0 Å². The van der Waals surface area contributed by atoms with E-state index in [1.165, 1.54) is 25.7 Å². The molecule has 1 saturated carbocycles. The molecular weight excluding hydrogens is 324 g/mol. The molecule has 0 bridgehead atoms. The summed E-state index contributed by atoms with van der Waals surface area (Å²) in [4.78, 5) is 17.5. The van der Waals surface area contributed by atoms with Crippen molar-refractivity contribution in [1.29, 1.82) is 0 Å². The molecule has 6 nitrogen and oxygen atoms in total. The van der Waals surface area contributed by atoms with Gasteiger partial charge in [-0.1, -0.05) is 30.1 Å². The van der Waals surface area contributed by atoms with Gasteiger partial charge in [-0.2, -0.15) is 4.98 Å². The highest BCUT2D eigenvalue weighted by Gasteiger charge is 2.19. The van der Waals surface area contributed by atoms with Crippen LogP contribution in [-0.2, 0) is 0 Å². The van der Waals surface area contributed by atoms with Gasteiger partial charge in [-0.05, 0) is 38.8 Å². The SMILES string of the molecule is Cc1noc(C(C)NC(=O)Nc2ccccc2SC2CCCC2)n1. The summed E-state index contributed by atoms with van der Waals surface area (Å²) in [6.45, 7) is 3.56. The minimum absolute atomic E-state index is 0.280. The van der Waals surface area contributed by atoms with Crippen LogP contribution in [0.5, 0.6) is 0 Å². The lowest BCUT2D eigenvalue weighted by atomic mass is 10.3. The van der Waals surface area contributed by atoms with Gasteiger partial charge in [-0.25, -0.2) is 4.79 Å². The first-order valence-corrected chi connectivity index (χ1v) is 9.13. The molecule has 1 fully saturated rings. The smallest absolute Gasteiger partial charge is 0.319 e. The topological polar surface area (TPSA) is 80.0 Å². The number of hydrogen-bond acceptors (Lipinski definition) is 5. The Kier molecular flexibility index (Phi) is 5.40. The van der Waals surface area contributed by atoms with Crippen LogP contribution in [0.3, 0.4) is 0 Å². The number of aryl methyl sites for hydroxylation is 1. The molecule has 3 rings (SSSR count). The molecule has 1 aromatic carbocycles. The number of aromatic nitrogens is 2. The number of carbonyl (C=O) groups excluding carboxylic acids is 1. The van der Waals surface area contributed by atoms with Gasteiger partial charge in [0.2, 0.25) is 5.89 Å². The summed E-state index contributed by atoms with van der Waals surface area (Å²) in [5, 5.41) is 10.1. The summed E-state index contributed by atoms with van der Waals surface area (Å²) >= 11 is 1.86. The van der Waals surface area contributed by atoms with Crippen LogP contribution in [0.1, 0.15) is 50.4 Å². The lowest BCUT2D eigenvalue weighted by Gasteiger charge is -2.15. The van der Waals surface area contributed by atoms with Crippen molar-refractivity contribution >= 4 is 23.5 Å². The molecule has 0 saturated heterocycles. The second kappa shape index (κ2) is 7.70. The number of amides is 2. The molecule has 0 radical (unpaired) electrons. The third-order valence-corrected chi connectivity index (χ3v) is 5.41. The predicted molar refractivity (Wildman–Crippen MR) is 94.2 cm³/mol. The van der Waals surface area contributed by atoms with Gasteiger partial charge in [-0.15, -0.1) is 11.8 Å². The maximum atomic E-state index is 12.3. The molecule has 1 atom stereocenters. The van der Waals surface area contributed by atoms with Crippen molar-refractivity contribution in [2.45, 2.75) is 55.7 Å². The summed E-state index contributed by atoms with van der Waals surface area (Å²) in [6.07, 6.45) is 5.10. The largest absolute Gasteiger partial charge is 0.337 e. The number of benzene rings is 1. The molecule has 2 amide bonds. The van der Waals surface area contributed by atoms with E-state index in [-0.39, 0.29) is 12.1 Å². The normalized spacial score (nSPS) is 16.1. The Bertz CT molecular complexity index is 697. The molecule has 128 valence electrons. The Morgan fingerprint density at radius 2 is 2.08 bits per heavy atom. The third-order valence-electron chi connectivity index (χ3n) is 3.99. The number of nitrogens with one attached hydrogen (secondary N) is 2. The van der Waals surface area contributed by atoms with Gasteiger partial charge >= 0.3 is 6.03 Å². The minimum Gasteiger partial charge on any atom is -0.337 e. The van der Waals surface area contributed by atoms with Gasteiger partial charge < -0.3 is 15.2 Å². The molecule has 2 N–H and O–H groups in total. The standard InChI is InChI=1S/C17H22N4O2S/c1-11(16-19-12(2)21-23-16)18-17(22)20-14-9-5-6-10-15(14)24-13-7-3-4-8-13/h5-6,9-11,13H,3-4,7-8H2,1-2H3,(H2,18,20,22). The summed E-state index contributed by atoms with van der Waals surface area (Å²) in [6, 6.07) is 7.30. The third kappa shape index (κ3) is 4.29. The van der Waals surface area contributed by atoms with Gasteiger partial charge in [0, 0.05) is 10.1 Å². The predicted octanol–water partition coefficient (Wildman–Crippen LogP) is 4.30. The fourth-order valence-corrected chi connectivity index (χ4v) is 4.10. The fourth-order valence-electron chi connectivity index (χ4n) is 2.76. The first-order chi connectivity index (χ1) is 11.6. The first-order valence-electron chi connectivity index (χ1n) is 8.25. The van der Waals surface area contributed by atoms with Crippen molar-refractivity contribution in [2.24, 2.45) is 0 Å². The highest BCUT2D eigenvalue weighted by Crippen LogP contribution is 2.37. The highest BCUT2D eigenvalue weighted by atomic mass is 32.2. The van der Waals surface area contributed by atoms with Crippen LogP contribution >= 0.6 is 11.8 Å². The van der Waals surface area contributed by atoms with E-state index in [0.717, 1.165) is 10.6 Å². The van der Waals surface area contributed by atoms with Crippen LogP contribution in [0.2, 0.25) is 0 Å². The Balaban J connectivity index is 1.61. The Morgan fingerprint density at radius 1 is 1.33 bits per heavy atom. The summed E-state index contributed by atoms with van der Waals surface area (Å²) < 4.78 is 5.08. The van der Waals surface area contributed by atoms with Crippen molar-refractivity contribution in [1.82, 2.24) is 15.5 Å². The molecule has 1 aliphatic rings. The molecule has 1 aromatic heterocycles. The van der Waals surface area contributed by atoms with Crippen LogP contribution < -0.4 is 10.6 Å². The van der Waals surface area contributed by atoms with E-state index in [1.54, 1.807) is 6.92 Å². The van der Waals surface area contributed by atoms with E-state index < -0.39 is 0 Å². The maximum absolute atomic E-state index is 12.3. The van der Waals surface area contributed by atoms with E-state index in [1.807, 2.05) is 36.9 Å². The number of thioether (sulfide) groups is 1. The summed E-state index contributed by atoms with van der Waals surface area (Å²) in [7, 11) is 0. The Hall–Kier alpha value is -2.02. The van der Waals surface area contributed by atoms with E-state index in [2.05, 4.69) is 26.8 Å². The molecule has 1 unspecified atom stereocenters. The number of nitrogens with zero attached hydrogens (tertiary/aromatic N) is 2. The number of urea groups is 1. The first kappa shape index (κ1) is 16.8. The Morgan fingerprint density at radius 3 is 2.79 bits per heavy atom. The second-order valence-corrected chi connectivity index (χ2v) is 7.36. The molecule has 0 spiro atoms. The highest BCUT2D eigenvalue weighted by molar-refractivity contribution is 8.00. The van der Waals surface area contributed by atoms with Crippen LogP contribution in [0.4, 0.5) is 10.5 Å². The average molecular weight is 346 g/mol. The van der Waals surface area contributed by atoms with Crippen LogP contribution in [0.15, 0.2) is 33.7 Å². The minimum atomic E-state index is -0.346. The Labute approximate surface area is 145 Å². The number of anilines is 1. The van der Waals surface area contributed by atoms with E-state index in [4.69, 9.17) is 4.52 Å². The van der Waals surface area contributed by atoms with Crippen LogP contribution in [-0.4, -0.2) is 21.4 Å². The van der Waals surface area contributed by atoms with Crippen molar-refractivity contribution in [3.63, 3.8) is 0 Å². The fraction of sp³-hybridized carbons (Fsp3) is 0.471. The van der Waals surface area contributed by atoms with Gasteiger partial charge in [0.1, 0.15) is 6.04 Å². The van der Waals surface area contributed by atoms with Crippen molar-refractivity contribution < 1.29 is 9.32 Å². The molecular formula is C17H22N4O2S. The van der Waals surface area contributed by atoms with E-state index >= 15 is 0 Å². The van der Waals surface area contributed by atoms with Gasteiger partial charge in [0.05, 0.1) is 5.69 Å². The number of hydrogen-bond donors (Lipinski definition) is 2. The maximum Gasteiger partial charge on any atom is 0.319 e. The quantitative estimate of drug-likeness (QED) is 0.844. The van der Waals surface area contributed by atoms with Crippen LogP contribution in [0.25, 0.3) is 0 Å². The molecule has 0 aliphatic heterocycles. The molecule has 24 heavy (non-hydrogen) atoms. The van der Waals surface area contributed by atoms with Gasteiger partial charge in [-0.3, -0.25) is 0 Å². The zero-order chi connectivity index (χ0) is 16.9. The number of para-hydroxylation sites is 1. The molecule has 7 heteroatoms. The monoisotopic (exact) mass is 346 g/mol. The van der Waals surface area contributed by atoms with Crippen molar-refractivity contribution in [3.8, 4) is 0 Å². The molecule has 1 heterocycles. The zero-order valence-corrected chi connectivity index (χ0v) is 14.7. The summed E-state index contributed by atoms with van der Waals surface area (Å²) in [5.74, 6) is 0.952. The number of rotatable bonds is 5. The van der Waals surface area contributed by atoms with Crippen molar-refractivity contribution in [2.75, 3.05) is 5.32 Å². The van der Waals surface area contributed by atoms with Crippen LogP contribution in [0, 0.1) is 6.92 Å². The van der Waals surface area contributed by atoms with E-state index in [9.17, 15) is 4.79 Å².